The van der Waals surface area contributed by atoms with Gasteiger partial charge in [0.15, 0.2) is 0 Å². The van der Waals surface area contributed by atoms with E-state index in [1.807, 2.05) is 0 Å². The summed E-state index contributed by atoms with van der Waals surface area (Å²) in [5.41, 5.74) is -1.14. The van der Waals surface area contributed by atoms with Gasteiger partial charge in [0.2, 0.25) is 0 Å². The average Bonchev–Trinajstić information content (AvgIpc) is 2.60. The Morgan fingerprint density at radius 2 is 1.77 bits per heavy atom. The lowest BCUT2D eigenvalue weighted by Crippen LogP contribution is -2.63. The van der Waals surface area contributed by atoms with Crippen molar-refractivity contribution in [3.05, 3.63) is 35.4 Å². The van der Waals surface area contributed by atoms with Crippen LogP contribution >= 0.6 is 0 Å². The SMILES string of the molecule is COC1(CNC(=O)c2cccc(C(F)(F)F)c2)C2CC3CC(C2)CC1C3. The first-order valence-corrected chi connectivity index (χ1v) is 9.32. The van der Waals surface area contributed by atoms with Gasteiger partial charge in [-0.25, -0.2) is 0 Å². The minimum Gasteiger partial charge on any atom is -0.376 e. The molecule has 3 nitrogen and oxygen atoms in total. The molecule has 1 amide bonds. The molecule has 0 aromatic heterocycles. The van der Waals surface area contributed by atoms with Gasteiger partial charge in [0.1, 0.15) is 0 Å². The molecule has 1 N–H and O–H groups in total. The number of hydrogen-bond acceptors (Lipinski definition) is 2. The van der Waals surface area contributed by atoms with E-state index in [-0.39, 0.29) is 11.2 Å². The van der Waals surface area contributed by atoms with E-state index in [9.17, 15) is 18.0 Å². The first kappa shape index (κ1) is 17.8. The van der Waals surface area contributed by atoms with E-state index in [1.165, 1.54) is 18.6 Å². The molecule has 4 aliphatic rings. The third-order valence-electron chi connectivity index (χ3n) is 6.88. The second-order valence-electron chi connectivity index (χ2n) is 8.22. The fraction of sp³-hybridized carbons (Fsp3) is 0.650. The topological polar surface area (TPSA) is 38.3 Å². The van der Waals surface area contributed by atoms with Gasteiger partial charge in [0.05, 0.1) is 11.2 Å². The van der Waals surface area contributed by atoms with Crippen LogP contribution < -0.4 is 5.32 Å². The predicted molar refractivity (Wildman–Crippen MR) is 90.6 cm³/mol. The molecule has 0 radical (unpaired) electrons. The normalized spacial score (nSPS) is 35.5. The highest BCUT2D eigenvalue weighted by Gasteiger charge is 2.57. The molecule has 0 atom stereocenters. The van der Waals surface area contributed by atoms with Gasteiger partial charge < -0.3 is 10.1 Å². The fourth-order valence-electron chi connectivity index (χ4n) is 5.83. The number of halogens is 3. The third kappa shape index (κ3) is 2.92. The number of amides is 1. The fourth-order valence-corrected chi connectivity index (χ4v) is 5.83. The lowest BCUT2D eigenvalue weighted by Gasteiger charge is -2.60. The highest BCUT2D eigenvalue weighted by Crippen LogP contribution is 2.59. The molecule has 1 aromatic carbocycles. The molecular formula is C20H24F3NO2. The minimum atomic E-state index is -4.45. The Kier molecular flexibility index (Phi) is 4.29. The van der Waals surface area contributed by atoms with Crippen molar-refractivity contribution < 1.29 is 22.7 Å². The Morgan fingerprint density at radius 3 is 2.31 bits per heavy atom. The second-order valence-corrected chi connectivity index (χ2v) is 8.22. The largest absolute Gasteiger partial charge is 0.416 e. The molecule has 4 aliphatic carbocycles. The molecule has 0 aliphatic heterocycles. The monoisotopic (exact) mass is 367 g/mol. The quantitative estimate of drug-likeness (QED) is 0.863. The Labute approximate surface area is 151 Å². The van der Waals surface area contributed by atoms with Crippen LogP contribution in [-0.4, -0.2) is 25.2 Å². The summed E-state index contributed by atoms with van der Waals surface area (Å²) in [5, 5.41) is 2.87. The molecule has 5 rings (SSSR count). The first-order chi connectivity index (χ1) is 12.3. The van der Waals surface area contributed by atoms with Crippen molar-refractivity contribution in [2.45, 2.75) is 43.9 Å². The van der Waals surface area contributed by atoms with Crippen molar-refractivity contribution in [3.8, 4) is 0 Å². The summed E-state index contributed by atoms with van der Waals surface area (Å²) < 4.78 is 44.6. The number of hydrogen-bond donors (Lipinski definition) is 1. The molecule has 0 spiro atoms. The van der Waals surface area contributed by atoms with E-state index in [0.717, 1.165) is 49.7 Å². The van der Waals surface area contributed by atoms with Crippen LogP contribution in [0.4, 0.5) is 13.2 Å². The Bertz CT molecular complexity index is 673. The number of alkyl halides is 3. The maximum absolute atomic E-state index is 12.9. The van der Waals surface area contributed by atoms with Gasteiger partial charge in [-0.1, -0.05) is 6.07 Å². The summed E-state index contributed by atoms with van der Waals surface area (Å²) in [4.78, 5) is 12.5. The molecule has 26 heavy (non-hydrogen) atoms. The Morgan fingerprint density at radius 1 is 1.15 bits per heavy atom. The van der Waals surface area contributed by atoms with Crippen LogP contribution in [-0.2, 0) is 10.9 Å². The minimum absolute atomic E-state index is 0.0369. The van der Waals surface area contributed by atoms with Gasteiger partial charge in [0, 0.05) is 19.2 Å². The first-order valence-electron chi connectivity index (χ1n) is 9.32. The smallest absolute Gasteiger partial charge is 0.376 e. The highest BCUT2D eigenvalue weighted by atomic mass is 19.4. The van der Waals surface area contributed by atoms with E-state index >= 15 is 0 Å². The van der Waals surface area contributed by atoms with Crippen LogP contribution in [0, 0.1) is 23.7 Å². The van der Waals surface area contributed by atoms with Gasteiger partial charge in [-0.2, -0.15) is 13.2 Å². The molecule has 0 saturated heterocycles. The average molecular weight is 367 g/mol. The molecule has 6 heteroatoms. The van der Waals surface area contributed by atoms with Crippen LogP contribution in [0.25, 0.3) is 0 Å². The standard InChI is InChI=1S/C20H24F3NO2/c1-26-19(16-6-12-5-13(8-16)9-17(19)7-12)11-24-18(25)14-3-2-4-15(10-14)20(21,22)23/h2-4,10,12-13,16-17H,5-9,11H2,1H3,(H,24,25). The molecule has 4 fully saturated rings. The van der Waals surface area contributed by atoms with Crippen molar-refractivity contribution in [2.75, 3.05) is 13.7 Å². The third-order valence-corrected chi connectivity index (χ3v) is 6.88. The number of carbonyl (C=O) groups is 1. The maximum atomic E-state index is 12.9. The van der Waals surface area contributed by atoms with Gasteiger partial charge in [0.25, 0.3) is 5.91 Å². The van der Waals surface area contributed by atoms with E-state index in [2.05, 4.69) is 5.32 Å². The van der Waals surface area contributed by atoms with Crippen molar-refractivity contribution in [1.82, 2.24) is 5.32 Å². The summed E-state index contributed by atoms with van der Waals surface area (Å²) in [6, 6.07) is 4.57. The molecule has 4 saturated carbocycles. The maximum Gasteiger partial charge on any atom is 0.416 e. The zero-order chi connectivity index (χ0) is 18.5. The van der Waals surface area contributed by atoms with Crippen LogP contribution in [0.1, 0.15) is 48.0 Å². The van der Waals surface area contributed by atoms with Crippen molar-refractivity contribution >= 4 is 5.91 Å². The lowest BCUT2D eigenvalue weighted by molar-refractivity contribution is -0.186. The van der Waals surface area contributed by atoms with E-state index in [0.29, 0.717) is 18.4 Å². The summed E-state index contributed by atoms with van der Waals surface area (Å²) >= 11 is 0. The predicted octanol–water partition coefficient (Wildman–Crippen LogP) is 4.28. The zero-order valence-corrected chi connectivity index (χ0v) is 14.8. The molecule has 4 bridgehead atoms. The van der Waals surface area contributed by atoms with Gasteiger partial charge in [-0.15, -0.1) is 0 Å². The Hall–Kier alpha value is -1.56. The van der Waals surface area contributed by atoms with E-state index < -0.39 is 17.6 Å². The van der Waals surface area contributed by atoms with Crippen LogP contribution in [0.3, 0.4) is 0 Å². The van der Waals surface area contributed by atoms with Crippen LogP contribution in [0.5, 0.6) is 0 Å². The van der Waals surface area contributed by atoms with E-state index in [4.69, 9.17) is 4.74 Å². The summed E-state index contributed by atoms with van der Waals surface area (Å²) in [5.74, 6) is 1.96. The van der Waals surface area contributed by atoms with Gasteiger partial charge in [-0.3, -0.25) is 4.79 Å². The van der Waals surface area contributed by atoms with Crippen LogP contribution in [0.2, 0.25) is 0 Å². The zero-order valence-electron chi connectivity index (χ0n) is 14.8. The highest BCUT2D eigenvalue weighted by molar-refractivity contribution is 5.94. The number of ether oxygens (including phenoxy) is 1. The summed E-state index contributed by atoms with van der Waals surface area (Å²) in [6.07, 6.45) is 1.43. The summed E-state index contributed by atoms with van der Waals surface area (Å²) in [7, 11) is 1.71. The summed E-state index contributed by atoms with van der Waals surface area (Å²) in [6.45, 7) is 0.368. The lowest BCUT2D eigenvalue weighted by atomic mass is 9.49. The Balaban J connectivity index is 1.49. The van der Waals surface area contributed by atoms with Crippen molar-refractivity contribution in [2.24, 2.45) is 23.7 Å². The molecule has 0 unspecified atom stereocenters. The number of carbonyl (C=O) groups excluding carboxylic acids is 1. The van der Waals surface area contributed by atoms with Crippen molar-refractivity contribution in [1.29, 1.82) is 0 Å². The number of methoxy groups -OCH3 is 1. The van der Waals surface area contributed by atoms with Gasteiger partial charge in [-0.05, 0) is 74.0 Å². The second kappa shape index (κ2) is 6.25. The molecule has 0 heterocycles. The van der Waals surface area contributed by atoms with Crippen LogP contribution in [0.15, 0.2) is 24.3 Å². The molecule has 1 aromatic rings. The molecular weight excluding hydrogens is 343 g/mol. The van der Waals surface area contributed by atoms with E-state index in [1.54, 1.807) is 7.11 Å². The molecule has 142 valence electrons. The number of nitrogens with one attached hydrogen (secondary N) is 1. The van der Waals surface area contributed by atoms with Crippen molar-refractivity contribution in [3.63, 3.8) is 0 Å². The number of benzene rings is 1. The number of rotatable bonds is 4. The van der Waals surface area contributed by atoms with Gasteiger partial charge >= 0.3 is 6.18 Å².